The van der Waals surface area contributed by atoms with Crippen LogP contribution in [0, 0.1) is 0 Å². The van der Waals surface area contributed by atoms with Crippen LogP contribution in [0.15, 0.2) is 12.1 Å². The summed E-state index contributed by atoms with van der Waals surface area (Å²) < 4.78 is 10.8. The van der Waals surface area contributed by atoms with E-state index in [2.05, 4.69) is 16.8 Å². The molecule has 1 aliphatic rings. The maximum atomic E-state index is 5.83. The second kappa shape index (κ2) is 5.72. The number of anilines is 2. The number of hydrogen-bond acceptors (Lipinski definition) is 5. The first-order valence-corrected chi connectivity index (χ1v) is 6.03. The first kappa shape index (κ1) is 12.0. The lowest BCUT2D eigenvalue weighted by molar-refractivity contribution is 0.122. The third kappa shape index (κ3) is 3.00. The van der Waals surface area contributed by atoms with Crippen LogP contribution < -0.4 is 15.4 Å². The van der Waals surface area contributed by atoms with Crippen LogP contribution in [-0.4, -0.2) is 37.9 Å². The zero-order valence-corrected chi connectivity index (χ0v) is 10.2. The summed E-state index contributed by atoms with van der Waals surface area (Å²) in [6.07, 6.45) is 0.947. The first-order chi connectivity index (χ1) is 8.31. The molecule has 1 aliphatic heterocycles. The summed E-state index contributed by atoms with van der Waals surface area (Å²) >= 11 is 0. The van der Waals surface area contributed by atoms with Gasteiger partial charge in [0.1, 0.15) is 5.82 Å². The minimum Gasteiger partial charge on any atom is -0.476 e. The Morgan fingerprint density at radius 2 is 2.18 bits per heavy atom. The highest BCUT2D eigenvalue weighted by molar-refractivity contribution is 5.54. The van der Waals surface area contributed by atoms with Gasteiger partial charge in [0.25, 0.3) is 0 Å². The van der Waals surface area contributed by atoms with Crippen LogP contribution in [0.3, 0.4) is 0 Å². The van der Waals surface area contributed by atoms with Crippen molar-refractivity contribution in [1.82, 2.24) is 4.98 Å². The number of nitrogens with zero attached hydrogens (tertiary/aromatic N) is 2. The molecule has 0 aliphatic carbocycles. The van der Waals surface area contributed by atoms with Gasteiger partial charge in [-0.2, -0.15) is 4.98 Å². The SMILES string of the molecule is CCCOc1nc(N2CCOCC2)ccc1N. The Morgan fingerprint density at radius 3 is 2.88 bits per heavy atom. The summed E-state index contributed by atoms with van der Waals surface area (Å²) in [5.74, 6) is 1.45. The van der Waals surface area contributed by atoms with Crippen LogP contribution in [0.1, 0.15) is 13.3 Å². The number of ether oxygens (including phenoxy) is 2. The molecular weight excluding hydrogens is 218 g/mol. The Hall–Kier alpha value is -1.49. The lowest BCUT2D eigenvalue weighted by Crippen LogP contribution is -2.36. The normalized spacial score (nSPS) is 15.9. The second-order valence-corrected chi connectivity index (χ2v) is 4.01. The third-order valence-electron chi connectivity index (χ3n) is 2.65. The molecule has 0 saturated carbocycles. The number of morpholine rings is 1. The van der Waals surface area contributed by atoms with Gasteiger partial charge in [-0.1, -0.05) is 6.92 Å². The van der Waals surface area contributed by atoms with E-state index >= 15 is 0 Å². The summed E-state index contributed by atoms with van der Waals surface area (Å²) in [4.78, 5) is 6.64. The molecule has 2 heterocycles. The molecule has 17 heavy (non-hydrogen) atoms. The van der Waals surface area contributed by atoms with Crippen LogP contribution in [-0.2, 0) is 4.74 Å². The summed E-state index contributed by atoms with van der Waals surface area (Å²) in [6, 6.07) is 3.78. The van der Waals surface area contributed by atoms with Crippen molar-refractivity contribution in [3.8, 4) is 5.88 Å². The second-order valence-electron chi connectivity index (χ2n) is 4.01. The van der Waals surface area contributed by atoms with Crippen LogP contribution in [0.25, 0.3) is 0 Å². The van der Waals surface area contributed by atoms with Gasteiger partial charge >= 0.3 is 0 Å². The van der Waals surface area contributed by atoms with Crippen molar-refractivity contribution in [1.29, 1.82) is 0 Å². The number of nitrogens with two attached hydrogens (primary N) is 1. The summed E-state index contributed by atoms with van der Waals surface area (Å²) in [7, 11) is 0. The molecule has 1 aromatic heterocycles. The van der Waals surface area contributed by atoms with E-state index in [1.807, 2.05) is 12.1 Å². The molecule has 0 amide bonds. The fourth-order valence-electron chi connectivity index (χ4n) is 1.72. The van der Waals surface area contributed by atoms with E-state index in [1.54, 1.807) is 0 Å². The fourth-order valence-corrected chi connectivity index (χ4v) is 1.72. The van der Waals surface area contributed by atoms with Crippen molar-refractivity contribution in [3.63, 3.8) is 0 Å². The lowest BCUT2D eigenvalue weighted by atomic mass is 10.3. The fraction of sp³-hybridized carbons (Fsp3) is 0.583. The third-order valence-corrected chi connectivity index (χ3v) is 2.65. The largest absolute Gasteiger partial charge is 0.476 e. The molecule has 0 unspecified atom stereocenters. The predicted molar refractivity (Wildman–Crippen MR) is 67.5 cm³/mol. The molecule has 1 aromatic rings. The molecule has 94 valence electrons. The Morgan fingerprint density at radius 1 is 1.41 bits per heavy atom. The molecule has 0 aromatic carbocycles. The Balaban J connectivity index is 2.11. The quantitative estimate of drug-likeness (QED) is 0.855. The van der Waals surface area contributed by atoms with Crippen molar-refractivity contribution >= 4 is 11.5 Å². The number of aromatic nitrogens is 1. The first-order valence-electron chi connectivity index (χ1n) is 6.03. The molecule has 0 atom stereocenters. The van der Waals surface area contributed by atoms with Crippen molar-refractivity contribution < 1.29 is 9.47 Å². The van der Waals surface area contributed by atoms with Crippen molar-refractivity contribution in [3.05, 3.63) is 12.1 Å². The van der Waals surface area contributed by atoms with Crippen molar-refractivity contribution in [2.75, 3.05) is 43.5 Å². The van der Waals surface area contributed by atoms with Gasteiger partial charge in [-0.15, -0.1) is 0 Å². The average molecular weight is 237 g/mol. The highest BCUT2D eigenvalue weighted by Crippen LogP contribution is 2.23. The topological polar surface area (TPSA) is 60.6 Å². The maximum absolute atomic E-state index is 5.83. The molecule has 0 radical (unpaired) electrons. The van der Waals surface area contributed by atoms with Crippen LogP contribution in [0.5, 0.6) is 5.88 Å². The molecule has 2 N–H and O–H groups in total. The summed E-state index contributed by atoms with van der Waals surface area (Å²) in [5.41, 5.74) is 6.42. The van der Waals surface area contributed by atoms with Crippen LogP contribution in [0.2, 0.25) is 0 Å². The molecular formula is C12H19N3O2. The summed E-state index contributed by atoms with van der Waals surface area (Å²) in [6.45, 7) is 5.93. The lowest BCUT2D eigenvalue weighted by Gasteiger charge is -2.28. The van der Waals surface area contributed by atoms with E-state index < -0.39 is 0 Å². The Kier molecular flexibility index (Phi) is 4.03. The van der Waals surface area contributed by atoms with Crippen LogP contribution >= 0.6 is 0 Å². The van der Waals surface area contributed by atoms with Gasteiger partial charge < -0.3 is 20.1 Å². The Labute approximate surface area is 102 Å². The van der Waals surface area contributed by atoms with E-state index in [0.29, 0.717) is 18.2 Å². The number of nitrogen functional groups attached to an aromatic ring is 1. The molecule has 5 nitrogen and oxygen atoms in total. The van der Waals surface area contributed by atoms with E-state index in [1.165, 1.54) is 0 Å². The maximum Gasteiger partial charge on any atom is 0.239 e. The van der Waals surface area contributed by atoms with E-state index in [-0.39, 0.29) is 0 Å². The van der Waals surface area contributed by atoms with Gasteiger partial charge in [-0.05, 0) is 18.6 Å². The van der Waals surface area contributed by atoms with Crippen molar-refractivity contribution in [2.45, 2.75) is 13.3 Å². The van der Waals surface area contributed by atoms with Gasteiger partial charge in [-0.25, -0.2) is 0 Å². The number of pyridine rings is 1. The molecule has 0 spiro atoms. The highest BCUT2D eigenvalue weighted by atomic mass is 16.5. The van der Waals surface area contributed by atoms with Crippen molar-refractivity contribution in [2.24, 2.45) is 0 Å². The Bertz CT molecular complexity index is 365. The van der Waals surface area contributed by atoms with Gasteiger partial charge in [0.05, 0.1) is 25.5 Å². The minimum absolute atomic E-state index is 0.538. The minimum atomic E-state index is 0.538. The van der Waals surface area contributed by atoms with Gasteiger partial charge in [0.2, 0.25) is 5.88 Å². The van der Waals surface area contributed by atoms with Gasteiger partial charge in [-0.3, -0.25) is 0 Å². The smallest absolute Gasteiger partial charge is 0.239 e. The zero-order chi connectivity index (χ0) is 12.1. The average Bonchev–Trinajstić information content (AvgIpc) is 2.39. The van der Waals surface area contributed by atoms with E-state index in [9.17, 15) is 0 Å². The van der Waals surface area contributed by atoms with E-state index in [4.69, 9.17) is 15.2 Å². The molecule has 2 rings (SSSR count). The molecule has 1 saturated heterocycles. The predicted octanol–water partition coefficient (Wildman–Crippen LogP) is 1.29. The molecule has 5 heteroatoms. The monoisotopic (exact) mass is 237 g/mol. The number of rotatable bonds is 4. The molecule has 0 bridgehead atoms. The summed E-state index contributed by atoms with van der Waals surface area (Å²) in [5, 5.41) is 0. The standard InChI is InChI=1S/C12H19N3O2/c1-2-7-17-12-10(13)3-4-11(14-12)15-5-8-16-9-6-15/h3-4H,2,5-9,13H2,1H3. The van der Waals surface area contributed by atoms with Crippen LogP contribution in [0.4, 0.5) is 11.5 Å². The highest BCUT2D eigenvalue weighted by Gasteiger charge is 2.14. The van der Waals surface area contributed by atoms with Gasteiger partial charge in [0.15, 0.2) is 0 Å². The number of hydrogen-bond donors (Lipinski definition) is 1. The van der Waals surface area contributed by atoms with E-state index in [0.717, 1.165) is 38.5 Å². The van der Waals surface area contributed by atoms with Gasteiger partial charge in [0, 0.05) is 13.1 Å². The molecule has 1 fully saturated rings. The zero-order valence-electron chi connectivity index (χ0n) is 10.2.